The molecule has 1 aromatic carbocycles. The van der Waals surface area contributed by atoms with E-state index in [0.717, 1.165) is 5.56 Å². The Bertz CT molecular complexity index is 565. The summed E-state index contributed by atoms with van der Waals surface area (Å²) < 4.78 is 5.38. The minimum atomic E-state index is -1.01. The van der Waals surface area contributed by atoms with Gasteiger partial charge < -0.3 is 9.84 Å². The van der Waals surface area contributed by atoms with Gasteiger partial charge in [0.15, 0.2) is 0 Å². The molecule has 1 heterocycles. The third-order valence-corrected chi connectivity index (χ3v) is 3.78. The summed E-state index contributed by atoms with van der Waals surface area (Å²) in [4.78, 5) is 25.2. The molecule has 0 radical (unpaired) electrons. The SMILES string of the molecule is CC(C)(C)OC(=O)N1[C@@H](C(=O)O)CC[C@H]1c1ccc(Cl)cc1. The van der Waals surface area contributed by atoms with Crippen LogP contribution < -0.4 is 0 Å². The maximum Gasteiger partial charge on any atom is 0.411 e. The molecule has 6 heteroatoms. The molecule has 1 aliphatic heterocycles. The number of rotatable bonds is 2. The van der Waals surface area contributed by atoms with Crippen molar-refractivity contribution in [2.24, 2.45) is 0 Å². The third-order valence-electron chi connectivity index (χ3n) is 3.53. The van der Waals surface area contributed by atoms with E-state index in [1.807, 2.05) is 12.1 Å². The number of halogens is 1. The van der Waals surface area contributed by atoms with Crippen molar-refractivity contribution in [1.82, 2.24) is 4.90 Å². The minimum Gasteiger partial charge on any atom is -0.480 e. The van der Waals surface area contributed by atoms with E-state index in [9.17, 15) is 14.7 Å². The van der Waals surface area contributed by atoms with E-state index in [-0.39, 0.29) is 6.04 Å². The van der Waals surface area contributed by atoms with Gasteiger partial charge in [0.1, 0.15) is 11.6 Å². The lowest BCUT2D eigenvalue weighted by Gasteiger charge is -2.31. The molecule has 1 amide bonds. The molecule has 1 N–H and O–H groups in total. The van der Waals surface area contributed by atoms with Gasteiger partial charge in [-0.2, -0.15) is 0 Å². The highest BCUT2D eigenvalue weighted by atomic mass is 35.5. The summed E-state index contributed by atoms with van der Waals surface area (Å²) in [7, 11) is 0. The molecule has 0 unspecified atom stereocenters. The average molecular weight is 326 g/mol. The summed E-state index contributed by atoms with van der Waals surface area (Å²) in [5.41, 5.74) is 0.187. The lowest BCUT2D eigenvalue weighted by Crippen LogP contribution is -2.44. The molecule has 22 heavy (non-hydrogen) atoms. The number of likely N-dealkylation sites (tertiary alicyclic amines) is 1. The average Bonchev–Trinajstić information content (AvgIpc) is 2.82. The zero-order valence-corrected chi connectivity index (χ0v) is 13.6. The highest BCUT2D eigenvalue weighted by Gasteiger charge is 2.43. The largest absolute Gasteiger partial charge is 0.480 e. The quantitative estimate of drug-likeness (QED) is 0.896. The molecular formula is C16H20ClNO4. The molecular weight excluding hydrogens is 306 g/mol. The number of amides is 1. The summed E-state index contributed by atoms with van der Waals surface area (Å²) in [5.74, 6) is -1.01. The van der Waals surface area contributed by atoms with Crippen molar-refractivity contribution in [2.75, 3.05) is 0 Å². The topological polar surface area (TPSA) is 66.8 Å². The summed E-state index contributed by atoms with van der Waals surface area (Å²) in [6, 6.07) is 5.92. The predicted octanol–water partition coefficient (Wildman–Crippen LogP) is 3.87. The van der Waals surface area contributed by atoms with Crippen LogP contribution in [-0.2, 0) is 9.53 Å². The number of aliphatic carboxylic acids is 1. The molecule has 1 aliphatic rings. The van der Waals surface area contributed by atoms with Crippen molar-refractivity contribution in [2.45, 2.75) is 51.3 Å². The van der Waals surface area contributed by atoms with Crippen LogP contribution in [0.4, 0.5) is 4.79 Å². The number of hydrogen-bond donors (Lipinski definition) is 1. The van der Waals surface area contributed by atoms with Crippen molar-refractivity contribution >= 4 is 23.7 Å². The zero-order valence-electron chi connectivity index (χ0n) is 12.9. The van der Waals surface area contributed by atoms with Gasteiger partial charge in [0.2, 0.25) is 0 Å². The van der Waals surface area contributed by atoms with Gasteiger partial charge in [-0.3, -0.25) is 4.90 Å². The van der Waals surface area contributed by atoms with Gasteiger partial charge in [-0.25, -0.2) is 9.59 Å². The predicted molar refractivity (Wildman–Crippen MR) is 82.9 cm³/mol. The number of carboxylic acid groups (broad SMARTS) is 1. The van der Waals surface area contributed by atoms with Crippen molar-refractivity contribution in [3.8, 4) is 0 Å². The second-order valence-corrected chi connectivity index (χ2v) is 6.82. The Labute approximate surface area is 134 Å². The second kappa shape index (κ2) is 6.16. The molecule has 2 rings (SSSR count). The van der Waals surface area contributed by atoms with Crippen LogP contribution in [-0.4, -0.2) is 33.7 Å². The first-order valence-electron chi connectivity index (χ1n) is 7.18. The van der Waals surface area contributed by atoms with Crippen LogP contribution in [0.2, 0.25) is 5.02 Å². The summed E-state index contributed by atoms with van der Waals surface area (Å²) in [5, 5.41) is 9.97. The Morgan fingerprint density at radius 2 is 1.82 bits per heavy atom. The highest BCUT2D eigenvalue weighted by molar-refractivity contribution is 6.30. The third kappa shape index (κ3) is 3.71. The van der Waals surface area contributed by atoms with Gasteiger partial charge in [-0.15, -0.1) is 0 Å². The first kappa shape index (κ1) is 16.6. The van der Waals surface area contributed by atoms with Crippen molar-refractivity contribution in [1.29, 1.82) is 0 Å². The summed E-state index contributed by atoms with van der Waals surface area (Å²) in [6.07, 6.45) is 0.386. The van der Waals surface area contributed by atoms with E-state index < -0.39 is 23.7 Å². The first-order chi connectivity index (χ1) is 10.2. The Kier molecular flexibility index (Phi) is 4.66. The molecule has 0 aliphatic carbocycles. The minimum absolute atomic E-state index is 0.312. The van der Waals surface area contributed by atoms with Crippen LogP contribution in [0.3, 0.4) is 0 Å². The Morgan fingerprint density at radius 1 is 1.23 bits per heavy atom. The maximum atomic E-state index is 12.4. The summed E-state index contributed by atoms with van der Waals surface area (Å²) >= 11 is 5.88. The highest BCUT2D eigenvalue weighted by Crippen LogP contribution is 2.37. The van der Waals surface area contributed by atoms with Gasteiger partial charge in [0.25, 0.3) is 0 Å². The molecule has 1 fully saturated rings. The van der Waals surface area contributed by atoms with Crippen molar-refractivity contribution < 1.29 is 19.4 Å². The summed E-state index contributed by atoms with van der Waals surface area (Å²) in [6.45, 7) is 5.27. The van der Waals surface area contributed by atoms with Crippen molar-refractivity contribution in [3.63, 3.8) is 0 Å². The molecule has 2 atom stereocenters. The number of carbonyl (C=O) groups excluding carboxylic acids is 1. The number of carboxylic acids is 1. The fourth-order valence-corrected chi connectivity index (χ4v) is 2.76. The van der Waals surface area contributed by atoms with E-state index >= 15 is 0 Å². The molecule has 0 spiro atoms. The maximum absolute atomic E-state index is 12.4. The first-order valence-corrected chi connectivity index (χ1v) is 7.56. The smallest absolute Gasteiger partial charge is 0.411 e. The van der Waals surface area contributed by atoms with Crippen LogP contribution in [0.5, 0.6) is 0 Å². The monoisotopic (exact) mass is 325 g/mol. The van der Waals surface area contributed by atoms with Crippen molar-refractivity contribution in [3.05, 3.63) is 34.9 Å². The number of carbonyl (C=O) groups is 2. The molecule has 5 nitrogen and oxygen atoms in total. The van der Waals surface area contributed by atoms with E-state index in [1.165, 1.54) is 4.90 Å². The molecule has 1 saturated heterocycles. The second-order valence-electron chi connectivity index (χ2n) is 6.39. The molecule has 0 bridgehead atoms. The zero-order chi connectivity index (χ0) is 16.5. The van der Waals surface area contributed by atoms with Crippen LogP contribution >= 0.6 is 11.6 Å². The van der Waals surface area contributed by atoms with Gasteiger partial charge in [-0.05, 0) is 51.3 Å². The fourth-order valence-electron chi connectivity index (χ4n) is 2.63. The normalized spacial score (nSPS) is 21.7. The van der Waals surface area contributed by atoms with E-state index in [2.05, 4.69) is 0 Å². The Hall–Kier alpha value is -1.75. The van der Waals surface area contributed by atoms with E-state index in [0.29, 0.717) is 17.9 Å². The lowest BCUT2D eigenvalue weighted by atomic mass is 10.1. The molecule has 0 saturated carbocycles. The number of nitrogens with zero attached hydrogens (tertiary/aromatic N) is 1. The Balaban J connectivity index is 2.30. The lowest BCUT2D eigenvalue weighted by molar-refractivity contribution is -0.142. The van der Waals surface area contributed by atoms with Gasteiger partial charge in [0, 0.05) is 5.02 Å². The number of hydrogen-bond acceptors (Lipinski definition) is 3. The number of benzene rings is 1. The molecule has 1 aromatic rings. The van der Waals surface area contributed by atoms with Crippen LogP contribution in [0.15, 0.2) is 24.3 Å². The molecule has 0 aromatic heterocycles. The van der Waals surface area contributed by atoms with E-state index in [1.54, 1.807) is 32.9 Å². The Morgan fingerprint density at radius 3 is 2.32 bits per heavy atom. The van der Waals surface area contributed by atoms with Crippen LogP contribution in [0, 0.1) is 0 Å². The van der Waals surface area contributed by atoms with Gasteiger partial charge in [0.05, 0.1) is 6.04 Å². The van der Waals surface area contributed by atoms with E-state index in [4.69, 9.17) is 16.3 Å². The van der Waals surface area contributed by atoms with Crippen LogP contribution in [0.1, 0.15) is 45.2 Å². The molecule has 120 valence electrons. The fraction of sp³-hybridized carbons (Fsp3) is 0.500. The number of ether oxygens (including phenoxy) is 1. The van der Waals surface area contributed by atoms with Gasteiger partial charge in [-0.1, -0.05) is 23.7 Å². The standard InChI is InChI=1S/C16H20ClNO4/c1-16(2,3)22-15(21)18-12(8-9-13(18)14(19)20)10-4-6-11(17)7-5-10/h4-7,12-13H,8-9H2,1-3H3,(H,19,20)/t12-,13+/m0/s1. The van der Waals surface area contributed by atoms with Crippen LogP contribution in [0.25, 0.3) is 0 Å². The van der Waals surface area contributed by atoms with Gasteiger partial charge >= 0.3 is 12.1 Å².